The van der Waals surface area contributed by atoms with Gasteiger partial charge in [0.15, 0.2) is 0 Å². The second-order valence-electron chi connectivity index (χ2n) is 26.9. The second-order valence-corrected chi connectivity index (χ2v) is 27.8. The van der Waals surface area contributed by atoms with Gasteiger partial charge < -0.3 is 27.6 Å². The highest BCUT2D eigenvalue weighted by Crippen LogP contribution is 2.43. The van der Waals surface area contributed by atoms with Crippen LogP contribution >= 0.6 is 15.9 Å². The predicted octanol–water partition coefficient (Wildman–Crippen LogP) is 23.3. The Hall–Kier alpha value is -12.3. The molecule has 0 spiro atoms. The third kappa shape index (κ3) is 10.8. The van der Waals surface area contributed by atoms with Crippen LogP contribution in [0.1, 0.15) is 38.8 Å². The summed E-state index contributed by atoms with van der Waals surface area (Å²) in [5.74, 6) is 0. The largest absolute Gasteiger partial charge is 0.494 e. The van der Waals surface area contributed by atoms with E-state index in [4.69, 9.17) is 14.6 Å². The van der Waals surface area contributed by atoms with Gasteiger partial charge in [-0.05, 0) is 159 Å². The quantitative estimate of drug-likeness (QED) is 0.142. The first-order valence-electron chi connectivity index (χ1n) is 34.4. The van der Waals surface area contributed by atoms with Crippen LogP contribution in [0.15, 0.2) is 332 Å². The molecule has 486 valence electrons. The van der Waals surface area contributed by atoms with Gasteiger partial charge in [-0.25, -0.2) is 0 Å². The average Bonchev–Trinajstić information content (AvgIpc) is 1.57. The summed E-state index contributed by atoms with van der Waals surface area (Å²) < 4.78 is 23.7. The van der Waals surface area contributed by atoms with Gasteiger partial charge in [-0.15, -0.1) is 0 Å². The fourth-order valence-corrected chi connectivity index (χ4v) is 15.6. The summed E-state index contributed by atoms with van der Waals surface area (Å²) >= 11 is 3.49. The third-order valence-electron chi connectivity index (χ3n) is 20.5. The number of hydrogen-bond donors (Lipinski definition) is 0. The number of halogens is 1. The Morgan fingerprint density at radius 3 is 0.843 bits per heavy atom. The molecule has 1 aliphatic rings. The first-order chi connectivity index (χ1) is 49.9. The van der Waals surface area contributed by atoms with Crippen LogP contribution in [0.3, 0.4) is 0 Å². The Balaban J connectivity index is 0.000000127. The minimum atomic E-state index is -0.486. The molecule has 1 aliphatic heterocycles. The van der Waals surface area contributed by atoms with Gasteiger partial charge in [0.2, 0.25) is 0 Å². The van der Waals surface area contributed by atoms with Crippen molar-refractivity contribution < 1.29 is 9.31 Å². The fourth-order valence-electron chi connectivity index (χ4n) is 15.1. The van der Waals surface area contributed by atoms with Gasteiger partial charge >= 0.3 is 7.12 Å². The number of rotatable bonds is 8. The van der Waals surface area contributed by atoms with Gasteiger partial charge in [0.05, 0.1) is 78.6 Å². The van der Waals surface area contributed by atoms with Crippen molar-refractivity contribution >= 4 is 116 Å². The van der Waals surface area contributed by atoms with Crippen LogP contribution in [0.2, 0.25) is 0 Å². The normalized spacial score (nSPS) is 13.2. The Labute approximate surface area is 600 Å². The molecule has 0 unspecified atom stereocenters. The maximum atomic E-state index is 10.0. The predicted molar refractivity (Wildman–Crippen MR) is 426 cm³/mol. The first kappa shape index (κ1) is 63.2. The van der Waals surface area contributed by atoms with E-state index in [1.54, 1.807) is 0 Å². The van der Waals surface area contributed by atoms with Crippen LogP contribution in [-0.2, 0) is 9.31 Å². The number of benzene rings is 14. The number of para-hydroxylation sites is 8. The van der Waals surface area contributed by atoms with Crippen LogP contribution in [-0.4, -0.2) is 36.6 Å². The van der Waals surface area contributed by atoms with Crippen LogP contribution in [0, 0.1) is 22.7 Å². The molecule has 0 aliphatic carbocycles. The van der Waals surface area contributed by atoms with Crippen molar-refractivity contribution in [2.24, 2.45) is 0 Å². The molecule has 0 bridgehead atoms. The molecule has 1 fully saturated rings. The van der Waals surface area contributed by atoms with Crippen molar-refractivity contribution in [1.82, 2.24) is 18.3 Å². The molecule has 0 amide bonds. The van der Waals surface area contributed by atoms with E-state index in [2.05, 4.69) is 329 Å². The number of aromatic nitrogens is 4. The van der Waals surface area contributed by atoms with Crippen LogP contribution in [0.4, 0.5) is 0 Å². The summed E-state index contributed by atoms with van der Waals surface area (Å²) in [7, 11) is -0.486. The van der Waals surface area contributed by atoms with Crippen LogP contribution < -0.4 is 5.46 Å². The van der Waals surface area contributed by atoms with Crippen molar-refractivity contribution in [1.29, 1.82) is 10.5 Å². The number of hydrogen-bond acceptors (Lipinski definition) is 4. The number of nitrogens with zero attached hydrogens (tertiary/aromatic N) is 6. The van der Waals surface area contributed by atoms with Gasteiger partial charge in [-0.1, -0.05) is 240 Å². The van der Waals surface area contributed by atoms with Gasteiger partial charge in [0.25, 0.3) is 0 Å². The molecule has 0 radical (unpaired) electrons. The van der Waals surface area contributed by atoms with Gasteiger partial charge in [-0.2, -0.15) is 10.5 Å². The molecule has 8 nitrogen and oxygen atoms in total. The Morgan fingerprint density at radius 1 is 0.284 bits per heavy atom. The van der Waals surface area contributed by atoms with Crippen molar-refractivity contribution in [2.45, 2.75) is 38.9 Å². The monoisotopic (exact) mass is 1380 g/mol. The van der Waals surface area contributed by atoms with Crippen molar-refractivity contribution in [2.75, 3.05) is 0 Å². The molecular formula is C92H66BBrN6O2. The van der Waals surface area contributed by atoms with Crippen molar-refractivity contribution in [3.8, 4) is 68.3 Å². The molecule has 18 aromatic rings. The zero-order valence-electron chi connectivity index (χ0n) is 56.6. The zero-order chi connectivity index (χ0) is 69.2. The molecule has 0 saturated carbocycles. The molecule has 1 saturated heterocycles. The van der Waals surface area contributed by atoms with E-state index in [1.807, 2.05) is 72.8 Å². The van der Waals surface area contributed by atoms with Crippen LogP contribution in [0.25, 0.3) is 143 Å². The Bertz CT molecular complexity index is 5940. The molecule has 0 N–H and O–H groups in total. The molecule has 0 atom stereocenters. The third-order valence-corrected chi connectivity index (χ3v) is 21.2. The highest BCUT2D eigenvalue weighted by molar-refractivity contribution is 9.10. The smallest absolute Gasteiger partial charge is 0.399 e. The minimum absolute atomic E-state index is 0.437. The minimum Gasteiger partial charge on any atom is -0.399 e. The lowest BCUT2D eigenvalue weighted by atomic mass is 9.78. The summed E-state index contributed by atoms with van der Waals surface area (Å²) in [5, 5.41) is 28.9. The van der Waals surface area contributed by atoms with E-state index < -0.39 is 18.3 Å². The lowest BCUT2D eigenvalue weighted by Gasteiger charge is -2.32. The maximum absolute atomic E-state index is 10.0. The number of fused-ring (bicyclic) bond motifs is 12. The summed E-state index contributed by atoms with van der Waals surface area (Å²) in [6.45, 7) is 8.44. The molecule has 4 aromatic heterocycles. The Kier molecular flexibility index (Phi) is 16.0. The fraction of sp³-hybridized carbons (Fsp3) is 0.0652. The highest BCUT2D eigenvalue weighted by Gasteiger charge is 2.52. The number of nitriles is 2. The molecule has 10 heteroatoms. The van der Waals surface area contributed by atoms with Crippen molar-refractivity contribution in [3.05, 3.63) is 343 Å². The molecular weight excluding hydrogens is 1310 g/mol. The van der Waals surface area contributed by atoms with Gasteiger partial charge in [0.1, 0.15) is 0 Å². The van der Waals surface area contributed by atoms with E-state index in [1.165, 1.54) is 65.2 Å². The van der Waals surface area contributed by atoms with Gasteiger partial charge in [-0.3, -0.25) is 0 Å². The highest BCUT2D eigenvalue weighted by atomic mass is 79.9. The molecule has 102 heavy (non-hydrogen) atoms. The van der Waals surface area contributed by atoms with Crippen molar-refractivity contribution in [3.63, 3.8) is 0 Å². The van der Waals surface area contributed by atoms with E-state index in [9.17, 15) is 5.26 Å². The van der Waals surface area contributed by atoms with E-state index in [-0.39, 0.29) is 0 Å². The van der Waals surface area contributed by atoms with Crippen LogP contribution in [0.5, 0.6) is 0 Å². The average molecular weight is 1380 g/mol. The topological polar surface area (TPSA) is 85.8 Å². The summed E-state index contributed by atoms with van der Waals surface area (Å²) in [5.41, 5.74) is 21.3. The molecule has 5 heterocycles. The Morgan fingerprint density at radius 2 is 0.529 bits per heavy atom. The molecule has 19 rings (SSSR count). The summed E-state index contributed by atoms with van der Waals surface area (Å²) in [4.78, 5) is 0. The van der Waals surface area contributed by atoms with E-state index in [0.717, 1.165) is 88.1 Å². The lowest BCUT2D eigenvalue weighted by Crippen LogP contribution is -2.41. The summed E-state index contributed by atoms with van der Waals surface area (Å²) in [6, 6.07) is 119. The SMILES string of the molecule is CC1(C)OB(c2cc(-n3c4ccccc4c4ccccc43)cc(-n3c4ccccc4c4ccccc43)c2)OC1(C)C.N#Cc1ccccc1-c1ccccc1-c1cc(-n2c3ccccc3c3ccccc32)cc(-n2c3ccccc3c3ccccc32)c1.N#Cc1ccccc1-c1ccccc1Br. The van der Waals surface area contributed by atoms with E-state index in [0.29, 0.717) is 11.1 Å². The zero-order valence-corrected chi connectivity index (χ0v) is 58.2. The van der Waals surface area contributed by atoms with E-state index >= 15 is 0 Å². The first-order valence-corrected chi connectivity index (χ1v) is 35.2. The summed E-state index contributed by atoms with van der Waals surface area (Å²) in [6.07, 6.45) is 0. The molecule has 14 aromatic carbocycles. The maximum Gasteiger partial charge on any atom is 0.494 e. The second kappa shape index (κ2) is 25.8. The lowest BCUT2D eigenvalue weighted by molar-refractivity contribution is 0.00578. The standard InChI is InChI=1S/C43H27N3.C36H31BN2O2.C13H8BrN/c44-28-29-13-1-2-14-33(29)35-16-4-3-15-34(35)30-25-31(45-40-21-9-5-17-36(40)37-18-6-10-22-41(37)45)27-32(26-30)46-42-23-11-7-19-38(42)39-20-8-12-24-43(39)46;1-35(2)36(3,4)41-37(40-35)24-21-25(38-31-17-9-5-13-27(31)28-14-6-10-18-32(28)38)23-26(22-24)39-33-19-11-7-15-29(33)30-16-8-12-20-34(30)39;14-13-8-4-3-7-12(13)11-6-2-1-5-10(11)9-15/h1-27H;5-23H,1-4H3;1-8H. The van der Waals surface area contributed by atoms with Gasteiger partial charge in [0, 0.05) is 81.4 Å².